The van der Waals surface area contributed by atoms with Gasteiger partial charge in [0.25, 0.3) is 0 Å². The summed E-state index contributed by atoms with van der Waals surface area (Å²) in [6, 6.07) is -0.0502. The predicted molar refractivity (Wildman–Crippen MR) is 69.4 cm³/mol. The summed E-state index contributed by atoms with van der Waals surface area (Å²) in [7, 11) is 0. The fourth-order valence-corrected chi connectivity index (χ4v) is 2.24. The number of carbonyl (C=O) groups excluding carboxylic acids is 1. The first kappa shape index (κ1) is 14.8. The largest absolute Gasteiger partial charge is 0.481 e. The SMILES string of the molecule is CC(C)CCNC(=O)N1CCCC(CC(=O)O)C1. The van der Waals surface area contributed by atoms with Crippen LogP contribution >= 0.6 is 0 Å². The van der Waals surface area contributed by atoms with Gasteiger partial charge in [0.2, 0.25) is 0 Å². The molecule has 0 aromatic rings. The molecule has 0 radical (unpaired) electrons. The van der Waals surface area contributed by atoms with Gasteiger partial charge in [0, 0.05) is 26.1 Å². The van der Waals surface area contributed by atoms with E-state index in [1.807, 2.05) is 0 Å². The number of carboxylic acids is 1. The lowest BCUT2D eigenvalue weighted by molar-refractivity contribution is -0.138. The number of aliphatic carboxylic acids is 1. The van der Waals surface area contributed by atoms with Crippen LogP contribution in [0.5, 0.6) is 0 Å². The van der Waals surface area contributed by atoms with E-state index in [0.717, 1.165) is 25.8 Å². The second-order valence-corrected chi connectivity index (χ2v) is 5.47. The van der Waals surface area contributed by atoms with Crippen molar-refractivity contribution in [3.63, 3.8) is 0 Å². The highest BCUT2D eigenvalue weighted by molar-refractivity contribution is 5.74. The lowest BCUT2D eigenvalue weighted by atomic mass is 9.95. The molecule has 1 saturated heterocycles. The number of likely N-dealkylation sites (tertiary alicyclic amines) is 1. The number of rotatable bonds is 5. The Labute approximate surface area is 109 Å². The summed E-state index contributed by atoms with van der Waals surface area (Å²) in [4.78, 5) is 24.3. The van der Waals surface area contributed by atoms with Gasteiger partial charge in [-0.1, -0.05) is 13.8 Å². The van der Waals surface area contributed by atoms with Crippen LogP contribution in [-0.2, 0) is 4.79 Å². The minimum Gasteiger partial charge on any atom is -0.481 e. The number of carboxylic acid groups (broad SMARTS) is 1. The molecule has 1 unspecified atom stereocenters. The third kappa shape index (κ3) is 5.38. The van der Waals surface area contributed by atoms with Crippen LogP contribution in [-0.4, -0.2) is 41.6 Å². The fraction of sp³-hybridized carbons (Fsp3) is 0.846. The molecule has 1 heterocycles. The second-order valence-electron chi connectivity index (χ2n) is 5.47. The number of piperidine rings is 1. The molecular weight excluding hydrogens is 232 g/mol. The van der Waals surface area contributed by atoms with Gasteiger partial charge in [-0.05, 0) is 31.1 Å². The van der Waals surface area contributed by atoms with Crippen LogP contribution in [0.15, 0.2) is 0 Å². The number of nitrogens with zero attached hydrogens (tertiary/aromatic N) is 1. The molecule has 2 amide bonds. The maximum atomic E-state index is 11.9. The van der Waals surface area contributed by atoms with E-state index in [9.17, 15) is 9.59 Å². The number of carbonyl (C=O) groups is 2. The molecule has 0 aromatic carbocycles. The summed E-state index contributed by atoms with van der Waals surface area (Å²) >= 11 is 0. The van der Waals surface area contributed by atoms with E-state index in [-0.39, 0.29) is 18.4 Å². The molecule has 0 aromatic heterocycles. The number of amides is 2. The van der Waals surface area contributed by atoms with Crippen LogP contribution in [0.2, 0.25) is 0 Å². The molecule has 0 bridgehead atoms. The van der Waals surface area contributed by atoms with Crippen molar-refractivity contribution >= 4 is 12.0 Å². The monoisotopic (exact) mass is 256 g/mol. The Balaban J connectivity index is 2.31. The maximum Gasteiger partial charge on any atom is 0.317 e. The summed E-state index contributed by atoms with van der Waals surface area (Å²) < 4.78 is 0. The van der Waals surface area contributed by atoms with Gasteiger partial charge in [-0.3, -0.25) is 4.79 Å². The van der Waals surface area contributed by atoms with Crippen LogP contribution in [0.3, 0.4) is 0 Å². The van der Waals surface area contributed by atoms with Crippen molar-refractivity contribution in [2.45, 2.75) is 39.5 Å². The Bertz CT molecular complexity index is 292. The van der Waals surface area contributed by atoms with Crippen LogP contribution in [0, 0.1) is 11.8 Å². The van der Waals surface area contributed by atoms with E-state index >= 15 is 0 Å². The van der Waals surface area contributed by atoms with Crippen molar-refractivity contribution in [2.75, 3.05) is 19.6 Å². The third-order valence-electron chi connectivity index (χ3n) is 3.27. The normalized spacial score (nSPS) is 19.9. The zero-order valence-corrected chi connectivity index (χ0v) is 11.3. The average molecular weight is 256 g/mol. The Morgan fingerprint density at radius 3 is 2.78 bits per heavy atom. The van der Waals surface area contributed by atoms with Crippen molar-refractivity contribution in [3.05, 3.63) is 0 Å². The van der Waals surface area contributed by atoms with Crippen molar-refractivity contribution in [3.8, 4) is 0 Å². The van der Waals surface area contributed by atoms with Crippen LogP contribution in [0.1, 0.15) is 39.5 Å². The first-order chi connectivity index (χ1) is 8.49. The molecule has 1 aliphatic heterocycles. The Hall–Kier alpha value is -1.26. The smallest absolute Gasteiger partial charge is 0.317 e. The molecule has 0 spiro atoms. The predicted octanol–water partition coefficient (Wildman–Crippen LogP) is 1.93. The molecular formula is C13H24N2O3. The third-order valence-corrected chi connectivity index (χ3v) is 3.27. The average Bonchev–Trinajstić information content (AvgIpc) is 2.27. The summed E-state index contributed by atoms with van der Waals surface area (Å²) in [5.74, 6) is -0.0967. The first-order valence-corrected chi connectivity index (χ1v) is 6.73. The zero-order valence-electron chi connectivity index (χ0n) is 11.3. The topological polar surface area (TPSA) is 69.6 Å². The van der Waals surface area contributed by atoms with Gasteiger partial charge >= 0.3 is 12.0 Å². The van der Waals surface area contributed by atoms with E-state index in [1.165, 1.54) is 0 Å². The highest BCUT2D eigenvalue weighted by Gasteiger charge is 2.24. The molecule has 1 atom stereocenters. The molecule has 1 aliphatic rings. The highest BCUT2D eigenvalue weighted by Crippen LogP contribution is 2.19. The second kappa shape index (κ2) is 7.24. The lowest BCUT2D eigenvalue weighted by Crippen LogP contribution is -2.46. The summed E-state index contributed by atoms with van der Waals surface area (Å²) in [5.41, 5.74) is 0. The Morgan fingerprint density at radius 2 is 2.17 bits per heavy atom. The van der Waals surface area contributed by atoms with Gasteiger partial charge in [-0.2, -0.15) is 0 Å². The minimum atomic E-state index is -0.776. The number of hydrogen-bond donors (Lipinski definition) is 2. The van der Waals surface area contributed by atoms with Gasteiger partial charge in [-0.25, -0.2) is 4.79 Å². The minimum absolute atomic E-state index is 0.0502. The zero-order chi connectivity index (χ0) is 13.5. The van der Waals surface area contributed by atoms with E-state index in [4.69, 9.17) is 5.11 Å². The van der Waals surface area contributed by atoms with E-state index in [1.54, 1.807) is 4.90 Å². The maximum absolute atomic E-state index is 11.9. The van der Waals surface area contributed by atoms with Crippen LogP contribution in [0.25, 0.3) is 0 Å². The Morgan fingerprint density at radius 1 is 1.44 bits per heavy atom. The summed E-state index contributed by atoms with van der Waals surface area (Å²) in [6.45, 7) is 6.24. The van der Waals surface area contributed by atoms with Gasteiger partial charge in [0.05, 0.1) is 0 Å². The van der Waals surface area contributed by atoms with Crippen molar-refractivity contribution in [1.82, 2.24) is 10.2 Å². The Kier molecular flexibility index (Phi) is 5.95. The standard InChI is InChI=1S/C13H24N2O3/c1-10(2)5-6-14-13(18)15-7-3-4-11(9-15)8-12(16)17/h10-11H,3-9H2,1-2H3,(H,14,18)(H,16,17). The number of hydrogen-bond acceptors (Lipinski definition) is 2. The summed E-state index contributed by atoms with van der Waals surface area (Å²) in [6.07, 6.45) is 2.94. The molecule has 1 rings (SSSR count). The number of urea groups is 1. The van der Waals surface area contributed by atoms with Gasteiger partial charge in [0.15, 0.2) is 0 Å². The van der Waals surface area contributed by atoms with E-state index in [0.29, 0.717) is 19.0 Å². The molecule has 5 heteroatoms. The van der Waals surface area contributed by atoms with E-state index < -0.39 is 5.97 Å². The molecule has 1 fully saturated rings. The molecule has 2 N–H and O–H groups in total. The first-order valence-electron chi connectivity index (χ1n) is 6.73. The molecule has 0 aliphatic carbocycles. The van der Waals surface area contributed by atoms with Crippen LogP contribution < -0.4 is 5.32 Å². The van der Waals surface area contributed by atoms with Gasteiger partial charge < -0.3 is 15.3 Å². The van der Waals surface area contributed by atoms with Crippen molar-refractivity contribution < 1.29 is 14.7 Å². The van der Waals surface area contributed by atoms with Gasteiger partial charge in [-0.15, -0.1) is 0 Å². The molecule has 18 heavy (non-hydrogen) atoms. The molecule has 0 saturated carbocycles. The van der Waals surface area contributed by atoms with Gasteiger partial charge in [0.1, 0.15) is 0 Å². The van der Waals surface area contributed by atoms with Crippen molar-refractivity contribution in [2.24, 2.45) is 11.8 Å². The quantitative estimate of drug-likeness (QED) is 0.789. The summed E-state index contributed by atoms with van der Waals surface area (Å²) in [5, 5.41) is 11.7. The highest BCUT2D eigenvalue weighted by atomic mass is 16.4. The lowest BCUT2D eigenvalue weighted by Gasteiger charge is -2.32. The molecule has 104 valence electrons. The number of nitrogens with one attached hydrogen (secondary N) is 1. The van der Waals surface area contributed by atoms with E-state index in [2.05, 4.69) is 19.2 Å². The molecule has 5 nitrogen and oxygen atoms in total. The van der Waals surface area contributed by atoms with Crippen molar-refractivity contribution in [1.29, 1.82) is 0 Å². The van der Waals surface area contributed by atoms with Crippen LogP contribution in [0.4, 0.5) is 4.79 Å². The fourth-order valence-electron chi connectivity index (χ4n) is 2.24.